The first-order valence-electron chi connectivity index (χ1n) is 2.55. The van der Waals surface area contributed by atoms with E-state index in [-0.39, 0.29) is 0 Å². The van der Waals surface area contributed by atoms with Crippen molar-refractivity contribution in [2.75, 3.05) is 6.26 Å². The zero-order valence-electron chi connectivity index (χ0n) is 5.21. The van der Waals surface area contributed by atoms with Crippen LogP contribution in [0.15, 0.2) is 30.3 Å². The van der Waals surface area contributed by atoms with E-state index in [1.165, 1.54) is 0 Å². The molecule has 0 amide bonds. The van der Waals surface area contributed by atoms with Crippen LogP contribution in [0.2, 0.25) is 5.02 Å². The summed E-state index contributed by atoms with van der Waals surface area (Å²) in [5, 5.41) is 0.794. The number of rotatable bonds is 0. The molecule has 0 saturated carbocycles. The van der Waals surface area contributed by atoms with Crippen LogP contribution in [-0.2, 0) is 0 Å². The SMILES string of the molecule is CS.Clc1ccccc1. The predicted octanol–water partition coefficient (Wildman–Crippen LogP) is 2.89. The second kappa shape index (κ2) is 5.99. The minimum absolute atomic E-state index is 0.794. The molecule has 9 heavy (non-hydrogen) atoms. The van der Waals surface area contributed by atoms with Crippen molar-refractivity contribution in [2.45, 2.75) is 0 Å². The zero-order chi connectivity index (χ0) is 7.11. The second-order valence-corrected chi connectivity index (χ2v) is 1.73. The Hall–Kier alpha value is -0.140. The summed E-state index contributed by atoms with van der Waals surface area (Å²) in [7, 11) is 0. The lowest BCUT2D eigenvalue weighted by atomic mass is 10.4. The first-order chi connectivity index (χ1) is 4.39. The van der Waals surface area contributed by atoms with Gasteiger partial charge >= 0.3 is 0 Å². The van der Waals surface area contributed by atoms with Gasteiger partial charge in [-0.3, -0.25) is 0 Å². The van der Waals surface area contributed by atoms with Crippen LogP contribution >= 0.6 is 24.2 Å². The van der Waals surface area contributed by atoms with Crippen LogP contribution in [0.4, 0.5) is 0 Å². The predicted molar refractivity (Wildman–Crippen MR) is 46.4 cm³/mol. The highest BCUT2D eigenvalue weighted by atomic mass is 35.5. The number of thiol groups is 1. The third-order valence-corrected chi connectivity index (χ3v) is 0.985. The average molecular weight is 161 g/mol. The largest absolute Gasteiger partial charge is 0.183 e. The van der Waals surface area contributed by atoms with Gasteiger partial charge < -0.3 is 0 Å². The summed E-state index contributed by atoms with van der Waals surface area (Å²) in [5.41, 5.74) is 0. The molecule has 0 unspecified atom stereocenters. The maximum absolute atomic E-state index is 5.54. The number of benzene rings is 1. The molecule has 1 rings (SSSR count). The van der Waals surface area contributed by atoms with Crippen molar-refractivity contribution in [2.24, 2.45) is 0 Å². The van der Waals surface area contributed by atoms with E-state index in [0.29, 0.717) is 0 Å². The van der Waals surface area contributed by atoms with Crippen molar-refractivity contribution >= 4 is 24.2 Å². The van der Waals surface area contributed by atoms with Crippen molar-refractivity contribution in [3.8, 4) is 0 Å². The minimum atomic E-state index is 0.794. The molecule has 0 atom stereocenters. The van der Waals surface area contributed by atoms with E-state index in [2.05, 4.69) is 12.6 Å². The molecule has 0 aliphatic heterocycles. The third kappa shape index (κ3) is 4.37. The molecule has 50 valence electrons. The normalized spacial score (nSPS) is 7.44. The van der Waals surface area contributed by atoms with Crippen LogP contribution in [0, 0.1) is 0 Å². The Morgan fingerprint density at radius 1 is 1.11 bits per heavy atom. The van der Waals surface area contributed by atoms with Gasteiger partial charge in [0.2, 0.25) is 0 Å². The van der Waals surface area contributed by atoms with E-state index in [0.717, 1.165) is 5.02 Å². The highest BCUT2D eigenvalue weighted by Crippen LogP contribution is 2.03. The summed E-state index contributed by atoms with van der Waals surface area (Å²) in [5.74, 6) is 0. The van der Waals surface area contributed by atoms with Crippen molar-refractivity contribution in [1.29, 1.82) is 0 Å². The lowest BCUT2D eigenvalue weighted by Gasteiger charge is -1.80. The topological polar surface area (TPSA) is 0 Å². The molecule has 0 nitrogen and oxygen atoms in total. The van der Waals surface area contributed by atoms with E-state index >= 15 is 0 Å². The molecule has 0 bridgehead atoms. The maximum atomic E-state index is 5.54. The van der Waals surface area contributed by atoms with E-state index in [1.54, 1.807) is 6.26 Å². The average Bonchev–Trinajstić information content (AvgIpc) is 1.94. The molecule has 2 heteroatoms. The van der Waals surface area contributed by atoms with Crippen LogP contribution in [-0.4, -0.2) is 6.26 Å². The summed E-state index contributed by atoms with van der Waals surface area (Å²) in [6.45, 7) is 0. The fourth-order valence-corrected chi connectivity index (χ4v) is 0.560. The highest BCUT2D eigenvalue weighted by Gasteiger charge is 1.74. The van der Waals surface area contributed by atoms with Crippen LogP contribution < -0.4 is 0 Å². The number of hydrogen-bond acceptors (Lipinski definition) is 1. The molecule has 0 aliphatic carbocycles. The fraction of sp³-hybridized carbons (Fsp3) is 0.143. The van der Waals surface area contributed by atoms with Crippen molar-refractivity contribution in [3.63, 3.8) is 0 Å². The summed E-state index contributed by atoms with van der Waals surface area (Å²) in [6, 6.07) is 9.44. The lowest BCUT2D eigenvalue weighted by Crippen LogP contribution is -1.55. The smallest absolute Gasteiger partial charge is 0.0405 e. The molecule has 0 radical (unpaired) electrons. The van der Waals surface area contributed by atoms with Gasteiger partial charge in [-0.05, 0) is 18.4 Å². The Balaban J connectivity index is 0.000000291. The Morgan fingerprint density at radius 2 is 1.56 bits per heavy atom. The molecule has 0 fully saturated rings. The van der Waals surface area contributed by atoms with Crippen LogP contribution in [0.5, 0.6) is 0 Å². The number of halogens is 1. The van der Waals surface area contributed by atoms with Crippen LogP contribution in [0.25, 0.3) is 0 Å². The Morgan fingerprint density at radius 3 is 1.78 bits per heavy atom. The van der Waals surface area contributed by atoms with Gasteiger partial charge in [0.25, 0.3) is 0 Å². The Labute approximate surface area is 66.3 Å². The first-order valence-corrected chi connectivity index (χ1v) is 3.82. The quantitative estimate of drug-likeness (QED) is 0.555. The Kier molecular flexibility index (Phi) is 5.89. The van der Waals surface area contributed by atoms with Crippen molar-refractivity contribution in [3.05, 3.63) is 35.4 Å². The highest BCUT2D eigenvalue weighted by molar-refractivity contribution is 7.79. The zero-order valence-corrected chi connectivity index (χ0v) is 6.86. The molecule has 0 spiro atoms. The minimum Gasteiger partial charge on any atom is -0.183 e. The molecule has 0 saturated heterocycles. The van der Waals surface area contributed by atoms with Gasteiger partial charge in [-0.15, -0.1) is 0 Å². The monoisotopic (exact) mass is 160 g/mol. The van der Waals surface area contributed by atoms with Gasteiger partial charge in [0, 0.05) is 5.02 Å². The van der Waals surface area contributed by atoms with Crippen molar-refractivity contribution < 1.29 is 0 Å². The summed E-state index contributed by atoms with van der Waals surface area (Å²) >= 11 is 9.07. The molecule has 1 aromatic rings. The van der Waals surface area contributed by atoms with E-state index in [9.17, 15) is 0 Å². The lowest BCUT2D eigenvalue weighted by molar-refractivity contribution is 1.71. The molecule has 0 heterocycles. The van der Waals surface area contributed by atoms with Crippen molar-refractivity contribution in [1.82, 2.24) is 0 Å². The standard InChI is InChI=1S/C6H5Cl.CH4S/c7-6-4-2-1-3-5-6;1-2/h1-5H;2H,1H3. The first kappa shape index (κ1) is 8.86. The number of hydrogen-bond donors (Lipinski definition) is 1. The molecule has 0 aliphatic rings. The van der Waals surface area contributed by atoms with E-state index < -0.39 is 0 Å². The van der Waals surface area contributed by atoms with E-state index in [1.807, 2.05) is 30.3 Å². The molecule has 0 aromatic heterocycles. The van der Waals surface area contributed by atoms with Crippen LogP contribution in [0.3, 0.4) is 0 Å². The fourth-order valence-electron chi connectivity index (χ4n) is 0.415. The van der Waals surface area contributed by atoms with Gasteiger partial charge in [0.15, 0.2) is 0 Å². The summed E-state index contributed by atoms with van der Waals surface area (Å²) < 4.78 is 0. The molecule has 1 aromatic carbocycles. The molecular weight excluding hydrogens is 152 g/mol. The molecular formula is C7H9ClS. The van der Waals surface area contributed by atoms with Gasteiger partial charge in [0.05, 0.1) is 0 Å². The van der Waals surface area contributed by atoms with E-state index in [4.69, 9.17) is 11.6 Å². The van der Waals surface area contributed by atoms with Gasteiger partial charge in [0.1, 0.15) is 0 Å². The molecule has 0 N–H and O–H groups in total. The second-order valence-electron chi connectivity index (χ2n) is 1.30. The van der Waals surface area contributed by atoms with Gasteiger partial charge in [-0.2, -0.15) is 12.6 Å². The Bertz CT molecular complexity index is 139. The van der Waals surface area contributed by atoms with Crippen LogP contribution in [0.1, 0.15) is 0 Å². The van der Waals surface area contributed by atoms with Gasteiger partial charge in [-0.25, -0.2) is 0 Å². The third-order valence-electron chi connectivity index (χ3n) is 0.733. The van der Waals surface area contributed by atoms with Gasteiger partial charge in [-0.1, -0.05) is 29.8 Å². The summed E-state index contributed by atoms with van der Waals surface area (Å²) in [6.07, 6.45) is 1.69. The maximum Gasteiger partial charge on any atom is 0.0405 e. The summed E-state index contributed by atoms with van der Waals surface area (Å²) in [4.78, 5) is 0.